The third kappa shape index (κ3) is 3.59. The van der Waals surface area contributed by atoms with Gasteiger partial charge in [-0.15, -0.1) is 0 Å². The Morgan fingerprint density at radius 2 is 2.00 bits per heavy atom. The van der Waals surface area contributed by atoms with Crippen molar-refractivity contribution in [2.24, 2.45) is 5.73 Å². The zero-order chi connectivity index (χ0) is 13.0. The summed E-state index contributed by atoms with van der Waals surface area (Å²) in [6.45, 7) is 6.50. The molecule has 1 heterocycles. The summed E-state index contributed by atoms with van der Waals surface area (Å²) in [5.74, 6) is 0. The first-order valence-corrected chi connectivity index (χ1v) is 7.24. The number of hydrogen-bond donors (Lipinski definition) is 2. The van der Waals surface area contributed by atoms with Crippen LogP contribution in [-0.4, -0.2) is 60.6 Å². The Morgan fingerprint density at radius 3 is 2.50 bits per heavy atom. The Balaban J connectivity index is 1.74. The highest BCUT2D eigenvalue weighted by molar-refractivity contribution is 5.75. The van der Waals surface area contributed by atoms with Crippen LogP contribution in [-0.2, 0) is 0 Å². The molecule has 2 fully saturated rings. The van der Waals surface area contributed by atoms with Crippen molar-refractivity contribution in [3.05, 3.63) is 0 Å². The van der Waals surface area contributed by atoms with Crippen LogP contribution in [0.1, 0.15) is 32.6 Å². The molecule has 1 saturated carbocycles. The minimum atomic E-state index is 0.122. The lowest BCUT2D eigenvalue weighted by Gasteiger charge is -2.38. The molecule has 2 rings (SSSR count). The fraction of sp³-hybridized carbons (Fsp3) is 0.923. The van der Waals surface area contributed by atoms with Gasteiger partial charge in [-0.3, -0.25) is 4.90 Å². The predicted molar refractivity (Wildman–Crippen MR) is 72.5 cm³/mol. The fourth-order valence-corrected chi connectivity index (χ4v) is 2.57. The van der Waals surface area contributed by atoms with E-state index in [0.717, 1.165) is 52.0 Å². The summed E-state index contributed by atoms with van der Waals surface area (Å²) < 4.78 is 0. The average Bonchev–Trinajstić information content (AvgIpc) is 3.20. The second-order valence-corrected chi connectivity index (χ2v) is 5.42. The monoisotopic (exact) mass is 254 g/mol. The van der Waals surface area contributed by atoms with Gasteiger partial charge in [-0.25, -0.2) is 4.79 Å². The van der Waals surface area contributed by atoms with Crippen molar-refractivity contribution >= 4 is 6.03 Å². The summed E-state index contributed by atoms with van der Waals surface area (Å²) in [5, 5.41) is 3.05. The summed E-state index contributed by atoms with van der Waals surface area (Å²) in [6, 6.07) is 1.06. The van der Waals surface area contributed by atoms with Crippen molar-refractivity contribution in [1.29, 1.82) is 0 Å². The molecule has 104 valence electrons. The van der Waals surface area contributed by atoms with E-state index in [0.29, 0.717) is 12.1 Å². The molecule has 3 N–H and O–H groups in total. The Kier molecular flexibility index (Phi) is 4.83. The van der Waals surface area contributed by atoms with Crippen LogP contribution in [0.2, 0.25) is 0 Å². The number of rotatable bonds is 5. The first kappa shape index (κ1) is 13.6. The summed E-state index contributed by atoms with van der Waals surface area (Å²) >= 11 is 0. The molecule has 2 amide bonds. The molecule has 1 aliphatic heterocycles. The molecular formula is C13H26N4O. The molecule has 0 bridgehead atoms. The molecule has 1 aliphatic carbocycles. The number of piperazine rings is 1. The second-order valence-electron chi connectivity index (χ2n) is 5.42. The number of carbonyl (C=O) groups excluding carboxylic acids is 1. The number of hydrogen-bond acceptors (Lipinski definition) is 3. The quantitative estimate of drug-likeness (QED) is 0.755. The van der Waals surface area contributed by atoms with Crippen molar-refractivity contribution < 1.29 is 4.79 Å². The maximum atomic E-state index is 11.9. The van der Waals surface area contributed by atoms with E-state index < -0.39 is 0 Å². The fourth-order valence-electron chi connectivity index (χ4n) is 2.57. The van der Waals surface area contributed by atoms with Gasteiger partial charge in [0.2, 0.25) is 0 Å². The molecule has 2 aliphatic rings. The van der Waals surface area contributed by atoms with E-state index in [9.17, 15) is 4.79 Å². The molecule has 18 heavy (non-hydrogen) atoms. The van der Waals surface area contributed by atoms with E-state index in [4.69, 9.17) is 5.73 Å². The summed E-state index contributed by atoms with van der Waals surface area (Å²) in [6.07, 6.45) is 4.63. The Labute approximate surface area is 110 Å². The molecule has 0 aromatic carbocycles. The normalized spacial score (nSPS) is 22.9. The van der Waals surface area contributed by atoms with Crippen molar-refractivity contribution in [2.75, 3.05) is 32.7 Å². The lowest BCUT2D eigenvalue weighted by molar-refractivity contribution is 0.106. The van der Waals surface area contributed by atoms with Crippen LogP contribution in [0, 0.1) is 0 Å². The van der Waals surface area contributed by atoms with Crippen LogP contribution in [0.3, 0.4) is 0 Å². The van der Waals surface area contributed by atoms with E-state index in [-0.39, 0.29) is 6.03 Å². The molecule has 0 radical (unpaired) electrons. The van der Waals surface area contributed by atoms with Gasteiger partial charge in [0.15, 0.2) is 0 Å². The lowest BCUT2D eigenvalue weighted by atomic mass is 10.1. The standard InChI is InChI=1S/C13H26N4O/c1-2-3-12(10-14)16-6-8-17(9-7-16)13(18)15-11-4-5-11/h11-12H,2-10,14H2,1H3,(H,15,18). The molecule has 1 saturated heterocycles. The van der Waals surface area contributed by atoms with Crippen LogP contribution >= 0.6 is 0 Å². The summed E-state index contributed by atoms with van der Waals surface area (Å²) in [7, 11) is 0. The van der Waals surface area contributed by atoms with E-state index in [1.807, 2.05) is 4.90 Å². The van der Waals surface area contributed by atoms with E-state index in [2.05, 4.69) is 17.1 Å². The first-order chi connectivity index (χ1) is 8.74. The molecule has 1 atom stereocenters. The zero-order valence-electron chi connectivity index (χ0n) is 11.4. The second kappa shape index (κ2) is 6.38. The summed E-state index contributed by atoms with van der Waals surface area (Å²) in [4.78, 5) is 16.3. The van der Waals surface area contributed by atoms with Gasteiger partial charge in [0.05, 0.1) is 0 Å². The third-order valence-corrected chi connectivity index (χ3v) is 3.92. The Bertz CT molecular complexity index is 272. The van der Waals surface area contributed by atoms with E-state index in [1.165, 1.54) is 6.42 Å². The van der Waals surface area contributed by atoms with Gasteiger partial charge in [-0.2, -0.15) is 0 Å². The molecular weight excluding hydrogens is 228 g/mol. The van der Waals surface area contributed by atoms with Crippen LogP contribution < -0.4 is 11.1 Å². The highest BCUT2D eigenvalue weighted by Gasteiger charge is 2.29. The van der Waals surface area contributed by atoms with Crippen molar-refractivity contribution in [3.8, 4) is 0 Å². The largest absolute Gasteiger partial charge is 0.335 e. The summed E-state index contributed by atoms with van der Waals surface area (Å²) in [5.41, 5.74) is 5.82. The molecule has 0 spiro atoms. The number of amides is 2. The van der Waals surface area contributed by atoms with Gasteiger partial charge in [-0.1, -0.05) is 13.3 Å². The van der Waals surface area contributed by atoms with Crippen LogP contribution in [0.25, 0.3) is 0 Å². The van der Waals surface area contributed by atoms with Crippen LogP contribution in [0.5, 0.6) is 0 Å². The molecule has 0 aromatic rings. The SMILES string of the molecule is CCCC(CN)N1CCN(C(=O)NC2CC2)CC1. The maximum Gasteiger partial charge on any atom is 0.317 e. The minimum absolute atomic E-state index is 0.122. The van der Waals surface area contributed by atoms with Gasteiger partial charge in [0, 0.05) is 44.8 Å². The lowest BCUT2D eigenvalue weighted by Crippen LogP contribution is -2.55. The number of nitrogens with one attached hydrogen (secondary N) is 1. The Morgan fingerprint density at radius 1 is 1.33 bits per heavy atom. The Hall–Kier alpha value is -0.810. The highest BCUT2D eigenvalue weighted by Crippen LogP contribution is 2.19. The molecule has 0 aromatic heterocycles. The van der Waals surface area contributed by atoms with Gasteiger partial charge in [0.25, 0.3) is 0 Å². The van der Waals surface area contributed by atoms with Crippen LogP contribution in [0.15, 0.2) is 0 Å². The number of nitrogens with zero attached hydrogens (tertiary/aromatic N) is 2. The van der Waals surface area contributed by atoms with E-state index >= 15 is 0 Å². The molecule has 5 nitrogen and oxygen atoms in total. The maximum absolute atomic E-state index is 11.9. The average molecular weight is 254 g/mol. The molecule has 5 heteroatoms. The van der Waals surface area contributed by atoms with Gasteiger partial charge >= 0.3 is 6.03 Å². The topological polar surface area (TPSA) is 61.6 Å². The number of carbonyl (C=O) groups is 1. The van der Waals surface area contributed by atoms with Crippen molar-refractivity contribution in [2.45, 2.75) is 44.7 Å². The van der Waals surface area contributed by atoms with Gasteiger partial charge < -0.3 is 16.0 Å². The smallest absolute Gasteiger partial charge is 0.317 e. The van der Waals surface area contributed by atoms with Gasteiger partial charge in [-0.05, 0) is 19.3 Å². The first-order valence-electron chi connectivity index (χ1n) is 7.24. The van der Waals surface area contributed by atoms with Crippen molar-refractivity contribution in [1.82, 2.24) is 15.1 Å². The van der Waals surface area contributed by atoms with Gasteiger partial charge in [0.1, 0.15) is 0 Å². The van der Waals surface area contributed by atoms with Crippen molar-refractivity contribution in [3.63, 3.8) is 0 Å². The number of urea groups is 1. The zero-order valence-corrected chi connectivity index (χ0v) is 11.4. The predicted octanol–water partition coefficient (Wildman–Crippen LogP) is 0.603. The minimum Gasteiger partial charge on any atom is -0.335 e. The van der Waals surface area contributed by atoms with E-state index in [1.54, 1.807) is 0 Å². The third-order valence-electron chi connectivity index (χ3n) is 3.92. The molecule has 1 unspecified atom stereocenters. The highest BCUT2D eigenvalue weighted by atomic mass is 16.2. The number of nitrogens with two attached hydrogens (primary N) is 1. The van der Waals surface area contributed by atoms with Crippen LogP contribution in [0.4, 0.5) is 4.79 Å².